The van der Waals surface area contributed by atoms with Gasteiger partial charge in [0.1, 0.15) is 0 Å². The smallest absolute Gasteiger partial charge is 0.0740 e. The zero-order chi connectivity index (χ0) is 23.8. The summed E-state index contributed by atoms with van der Waals surface area (Å²) >= 11 is 2.18. The molecule has 0 radical (unpaired) electrons. The molecule has 5 rings (SSSR count). The molecule has 2 unspecified atom stereocenters. The van der Waals surface area contributed by atoms with Gasteiger partial charge in [0, 0.05) is 35.6 Å². The molecule has 0 saturated carbocycles. The van der Waals surface area contributed by atoms with Gasteiger partial charge in [0.15, 0.2) is 0 Å². The van der Waals surface area contributed by atoms with Crippen molar-refractivity contribution in [3.05, 3.63) is 114 Å². The SMILES string of the molecule is CN(C)I.CNC1c2cccc3cccc(c23)C1N(C)c1ccccc1.Cc1ccccc1. The van der Waals surface area contributed by atoms with E-state index in [0.29, 0.717) is 12.1 Å². The van der Waals surface area contributed by atoms with Gasteiger partial charge in [-0.15, -0.1) is 0 Å². The van der Waals surface area contributed by atoms with Crippen LogP contribution in [0.5, 0.6) is 0 Å². The molecular weight excluding hydrogens is 517 g/mol. The largest absolute Gasteiger partial charge is 0.366 e. The minimum Gasteiger partial charge on any atom is -0.366 e. The third-order valence-corrected chi connectivity index (χ3v) is 5.77. The van der Waals surface area contributed by atoms with Gasteiger partial charge in [-0.2, -0.15) is 0 Å². The Bertz CT molecular complexity index is 1120. The first-order valence-corrected chi connectivity index (χ1v) is 12.2. The maximum atomic E-state index is 3.53. The van der Waals surface area contributed by atoms with Crippen molar-refractivity contribution in [3.8, 4) is 0 Å². The minimum atomic E-state index is 0.311. The van der Waals surface area contributed by atoms with Crippen molar-refractivity contribution >= 4 is 39.3 Å². The van der Waals surface area contributed by atoms with E-state index in [9.17, 15) is 0 Å². The molecule has 33 heavy (non-hydrogen) atoms. The zero-order valence-electron chi connectivity index (χ0n) is 20.2. The quantitative estimate of drug-likeness (QED) is 0.215. The average molecular weight is 552 g/mol. The van der Waals surface area contributed by atoms with Crippen molar-refractivity contribution < 1.29 is 0 Å². The van der Waals surface area contributed by atoms with Gasteiger partial charge in [-0.3, -0.25) is 3.11 Å². The molecule has 1 N–H and O–H groups in total. The van der Waals surface area contributed by atoms with Crippen LogP contribution >= 0.6 is 22.9 Å². The number of aryl methyl sites for hydroxylation is 1. The molecule has 4 heteroatoms. The maximum absolute atomic E-state index is 3.53. The molecule has 0 aromatic heterocycles. The number of para-hydroxylation sites is 1. The average Bonchev–Trinajstić information content (AvgIpc) is 3.15. The molecule has 1 aliphatic carbocycles. The molecule has 4 aromatic rings. The second-order valence-corrected chi connectivity index (χ2v) is 10.3. The Morgan fingerprint density at radius 2 is 1.21 bits per heavy atom. The molecule has 0 aliphatic heterocycles. The summed E-state index contributed by atoms with van der Waals surface area (Å²) in [5, 5.41) is 6.28. The molecule has 0 spiro atoms. The van der Waals surface area contributed by atoms with Crippen LogP contribution in [0.15, 0.2) is 97.1 Å². The Kier molecular flexibility index (Phi) is 9.30. The van der Waals surface area contributed by atoms with E-state index in [1.807, 2.05) is 35.4 Å². The van der Waals surface area contributed by atoms with Crippen molar-refractivity contribution in [1.29, 1.82) is 0 Å². The van der Waals surface area contributed by atoms with Crippen LogP contribution in [0.1, 0.15) is 28.8 Å². The Labute approximate surface area is 212 Å². The van der Waals surface area contributed by atoms with E-state index in [2.05, 4.69) is 133 Å². The molecule has 0 heterocycles. The summed E-state index contributed by atoms with van der Waals surface area (Å²) in [5.74, 6) is 0. The Morgan fingerprint density at radius 3 is 1.70 bits per heavy atom. The molecular formula is C29H34IN3. The predicted octanol–water partition coefficient (Wildman–Crippen LogP) is 7.18. The lowest BCUT2D eigenvalue weighted by Crippen LogP contribution is -2.32. The number of nitrogens with one attached hydrogen (secondary N) is 1. The standard InChI is InChI=1S/C20H20N2.C7H8.C2H6IN/c1-21-19-16-12-6-8-14-9-7-13-17(18(14)16)20(19)22(2)15-10-4-3-5-11-15;1-7-5-3-2-4-6-7;1-4(2)3/h3-13,19-21H,1-2H3;2-6H,1H3;1-2H3. The van der Waals surface area contributed by atoms with Gasteiger partial charge in [-0.25, -0.2) is 0 Å². The van der Waals surface area contributed by atoms with Crippen LogP contribution in [-0.2, 0) is 0 Å². The van der Waals surface area contributed by atoms with Gasteiger partial charge < -0.3 is 10.2 Å². The first-order chi connectivity index (χ1) is 15.9. The Hall–Kier alpha value is -2.41. The lowest BCUT2D eigenvalue weighted by molar-refractivity contribution is 0.493. The van der Waals surface area contributed by atoms with E-state index < -0.39 is 0 Å². The maximum Gasteiger partial charge on any atom is 0.0740 e. The van der Waals surface area contributed by atoms with Crippen molar-refractivity contribution in [2.75, 3.05) is 33.1 Å². The number of anilines is 1. The highest BCUT2D eigenvalue weighted by atomic mass is 127. The molecule has 1 aliphatic rings. The fraction of sp³-hybridized carbons (Fsp3) is 0.241. The van der Waals surface area contributed by atoms with E-state index >= 15 is 0 Å². The van der Waals surface area contributed by atoms with E-state index in [1.54, 1.807) is 0 Å². The highest BCUT2D eigenvalue weighted by Crippen LogP contribution is 2.47. The number of rotatable bonds is 3. The van der Waals surface area contributed by atoms with E-state index in [1.165, 1.54) is 33.2 Å². The zero-order valence-corrected chi connectivity index (χ0v) is 22.3. The number of halogens is 1. The number of benzene rings is 4. The summed E-state index contributed by atoms with van der Waals surface area (Å²) in [6, 6.07) is 34.8. The summed E-state index contributed by atoms with van der Waals surface area (Å²) < 4.78 is 1.97. The molecule has 3 nitrogen and oxygen atoms in total. The topological polar surface area (TPSA) is 18.5 Å². The minimum absolute atomic E-state index is 0.311. The molecule has 2 atom stereocenters. The van der Waals surface area contributed by atoms with Gasteiger partial charge in [-0.05, 0) is 62.1 Å². The molecule has 0 bridgehead atoms. The number of likely N-dealkylation sites (N-methyl/N-ethyl adjacent to an activating group) is 2. The molecule has 0 amide bonds. The van der Waals surface area contributed by atoms with Gasteiger partial charge in [-0.1, -0.05) is 90.5 Å². The third-order valence-electron chi connectivity index (χ3n) is 5.77. The summed E-state index contributed by atoms with van der Waals surface area (Å²) in [5.41, 5.74) is 5.39. The fourth-order valence-corrected chi connectivity index (χ4v) is 4.36. The summed E-state index contributed by atoms with van der Waals surface area (Å²) in [6.45, 7) is 2.08. The first-order valence-electron chi connectivity index (χ1n) is 11.3. The van der Waals surface area contributed by atoms with Crippen molar-refractivity contribution in [2.24, 2.45) is 0 Å². The second-order valence-electron chi connectivity index (χ2n) is 8.39. The number of nitrogens with zero attached hydrogens (tertiary/aromatic N) is 2. The van der Waals surface area contributed by atoms with Gasteiger partial charge in [0.05, 0.1) is 12.1 Å². The molecule has 4 aromatic carbocycles. The number of hydrogen-bond acceptors (Lipinski definition) is 3. The Morgan fingerprint density at radius 1 is 0.697 bits per heavy atom. The highest BCUT2D eigenvalue weighted by molar-refractivity contribution is 14.1. The van der Waals surface area contributed by atoms with Crippen LogP contribution in [0.2, 0.25) is 0 Å². The van der Waals surface area contributed by atoms with Gasteiger partial charge >= 0.3 is 0 Å². The van der Waals surface area contributed by atoms with Crippen molar-refractivity contribution in [3.63, 3.8) is 0 Å². The monoisotopic (exact) mass is 551 g/mol. The normalized spacial score (nSPS) is 16.0. The second kappa shape index (κ2) is 12.2. The molecule has 172 valence electrons. The van der Waals surface area contributed by atoms with E-state index in [-0.39, 0.29) is 0 Å². The van der Waals surface area contributed by atoms with Gasteiger partial charge in [0.2, 0.25) is 0 Å². The van der Waals surface area contributed by atoms with Crippen LogP contribution in [0.4, 0.5) is 5.69 Å². The fourth-order valence-electron chi connectivity index (χ4n) is 4.36. The van der Waals surface area contributed by atoms with Crippen LogP contribution in [0.25, 0.3) is 10.8 Å². The van der Waals surface area contributed by atoms with Crippen LogP contribution in [0, 0.1) is 6.92 Å². The first kappa shape index (κ1) is 25.2. The predicted molar refractivity (Wildman–Crippen MR) is 152 cm³/mol. The summed E-state index contributed by atoms with van der Waals surface area (Å²) in [7, 11) is 8.22. The summed E-state index contributed by atoms with van der Waals surface area (Å²) in [4.78, 5) is 2.38. The number of hydrogen-bond donors (Lipinski definition) is 1. The lowest BCUT2D eigenvalue weighted by Gasteiger charge is -2.32. The van der Waals surface area contributed by atoms with Crippen LogP contribution < -0.4 is 10.2 Å². The molecule has 0 saturated heterocycles. The highest BCUT2D eigenvalue weighted by Gasteiger charge is 2.35. The van der Waals surface area contributed by atoms with Gasteiger partial charge in [0.25, 0.3) is 0 Å². The third kappa shape index (κ3) is 6.34. The van der Waals surface area contributed by atoms with Crippen molar-refractivity contribution in [1.82, 2.24) is 8.43 Å². The van der Waals surface area contributed by atoms with E-state index in [4.69, 9.17) is 0 Å². The van der Waals surface area contributed by atoms with Crippen molar-refractivity contribution in [2.45, 2.75) is 19.0 Å². The summed E-state index contributed by atoms with van der Waals surface area (Å²) in [6.07, 6.45) is 0. The van der Waals surface area contributed by atoms with Crippen LogP contribution in [0.3, 0.4) is 0 Å². The van der Waals surface area contributed by atoms with Crippen LogP contribution in [-0.4, -0.2) is 31.3 Å². The lowest BCUT2D eigenvalue weighted by atomic mass is 10.0. The molecule has 0 fully saturated rings. The van der Waals surface area contributed by atoms with E-state index in [0.717, 1.165) is 0 Å². The Balaban J connectivity index is 0.000000231.